The Morgan fingerprint density at radius 1 is 0.694 bits per heavy atom. The summed E-state index contributed by atoms with van der Waals surface area (Å²) in [5.41, 5.74) is 5.64. The summed E-state index contributed by atoms with van der Waals surface area (Å²) in [7, 11) is 0. The van der Waals surface area contributed by atoms with Gasteiger partial charge in [0.05, 0.1) is 5.75 Å². The summed E-state index contributed by atoms with van der Waals surface area (Å²) in [5, 5.41) is 1.95. The number of halogens is 2. The Bertz CT molecular complexity index is 2310. The quantitative estimate of drug-likeness (QED) is 0.128. The van der Waals surface area contributed by atoms with E-state index in [9.17, 15) is 0 Å². The molecule has 248 valence electrons. The maximum Gasteiger partial charge on any atom is 2.00 e. The average Bonchev–Trinajstić information content (AvgIpc) is 3.38. The number of hydrogen-bond acceptors (Lipinski definition) is 5. The van der Waals surface area contributed by atoms with Gasteiger partial charge in [-0.05, 0) is 75.0 Å². The minimum Gasteiger partial charge on any atom is -0.498 e. The van der Waals surface area contributed by atoms with Gasteiger partial charge in [-0.3, -0.25) is 9.97 Å². The van der Waals surface area contributed by atoms with Gasteiger partial charge in [-0.15, -0.1) is 17.5 Å². The standard InChI is InChI=1S/C40H33F2N5O.Pt/c1-39(2,3)26-8-11-33-30(19-26)29-10-9-28(21-34(29)47(33)36-12-7-25(23-45-36)24-13-16-43-17-14-24)48-35-22-31(37(41)46-38(35)42)32-20-27(15-18-44-32)40(4,5)6;/h7-20,23H,1-6H3;/q-2;+2. The summed E-state index contributed by atoms with van der Waals surface area (Å²) in [6.07, 6.45) is 6.92. The first-order valence-corrected chi connectivity index (χ1v) is 15.7. The Labute approximate surface area is 298 Å². The second-order valence-corrected chi connectivity index (χ2v) is 13.8. The van der Waals surface area contributed by atoms with E-state index in [0.29, 0.717) is 11.3 Å². The molecule has 0 bridgehead atoms. The van der Waals surface area contributed by atoms with Crippen molar-refractivity contribution in [3.05, 3.63) is 127 Å². The number of aromatic nitrogens is 5. The van der Waals surface area contributed by atoms with Gasteiger partial charge in [-0.1, -0.05) is 76.9 Å². The molecule has 0 saturated heterocycles. The zero-order valence-corrected chi connectivity index (χ0v) is 30.1. The Hall–Kier alpha value is -4.81. The van der Waals surface area contributed by atoms with Crippen LogP contribution in [0.3, 0.4) is 0 Å². The van der Waals surface area contributed by atoms with Crippen LogP contribution in [-0.4, -0.2) is 24.5 Å². The number of pyridine rings is 4. The Morgan fingerprint density at radius 2 is 1.43 bits per heavy atom. The van der Waals surface area contributed by atoms with E-state index >= 15 is 8.78 Å². The topological polar surface area (TPSA) is 65.7 Å². The van der Waals surface area contributed by atoms with Crippen molar-refractivity contribution in [1.29, 1.82) is 0 Å². The average molecular weight is 833 g/mol. The second kappa shape index (κ2) is 12.9. The van der Waals surface area contributed by atoms with Gasteiger partial charge in [0, 0.05) is 41.6 Å². The first-order chi connectivity index (χ1) is 22.9. The molecule has 0 radical (unpaired) electrons. The van der Waals surface area contributed by atoms with Gasteiger partial charge in [0.1, 0.15) is 11.8 Å². The number of nitrogens with zero attached hydrogens (tertiary/aromatic N) is 5. The van der Waals surface area contributed by atoms with E-state index in [-0.39, 0.29) is 54.7 Å². The summed E-state index contributed by atoms with van der Waals surface area (Å²) in [6, 6.07) is 27.6. The van der Waals surface area contributed by atoms with E-state index in [1.54, 1.807) is 30.7 Å². The van der Waals surface area contributed by atoms with Crippen molar-refractivity contribution in [2.45, 2.75) is 52.4 Å². The normalized spacial score (nSPS) is 11.9. The summed E-state index contributed by atoms with van der Waals surface area (Å²) in [4.78, 5) is 16.8. The van der Waals surface area contributed by atoms with Gasteiger partial charge in [-0.25, -0.2) is 13.8 Å². The fraction of sp³-hybridized carbons (Fsp3) is 0.200. The molecular formula is C40H33F2N5OPt. The molecule has 0 aliphatic rings. The zero-order valence-electron chi connectivity index (χ0n) is 27.9. The van der Waals surface area contributed by atoms with Crippen LogP contribution < -0.4 is 4.74 Å². The molecule has 0 spiro atoms. The van der Waals surface area contributed by atoms with Crippen LogP contribution >= 0.6 is 0 Å². The van der Waals surface area contributed by atoms with Gasteiger partial charge in [0.15, 0.2) is 5.95 Å². The molecule has 49 heavy (non-hydrogen) atoms. The van der Waals surface area contributed by atoms with Crippen molar-refractivity contribution < 1.29 is 34.6 Å². The van der Waals surface area contributed by atoms with Gasteiger partial charge >= 0.3 is 21.1 Å². The molecule has 6 nitrogen and oxygen atoms in total. The van der Waals surface area contributed by atoms with Crippen LogP contribution in [0.2, 0.25) is 0 Å². The molecule has 0 unspecified atom stereocenters. The van der Waals surface area contributed by atoms with Crippen LogP contribution in [0.1, 0.15) is 52.7 Å². The summed E-state index contributed by atoms with van der Waals surface area (Å²) < 4.78 is 38.1. The van der Waals surface area contributed by atoms with Crippen molar-refractivity contribution in [2.75, 3.05) is 0 Å². The van der Waals surface area contributed by atoms with E-state index in [4.69, 9.17) is 9.72 Å². The third kappa shape index (κ3) is 6.62. The number of hydrogen-bond donors (Lipinski definition) is 0. The van der Waals surface area contributed by atoms with E-state index in [1.807, 2.05) is 67.9 Å². The summed E-state index contributed by atoms with van der Waals surface area (Å²) in [5.74, 6) is -1.61. The number of fused-ring (bicyclic) bond motifs is 3. The van der Waals surface area contributed by atoms with Crippen molar-refractivity contribution >= 4 is 21.8 Å². The number of ether oxygens (including phenoxy) is 1. The second-order valence-electron chi connectivity index (χ2n) is 13.8. The Kier molecular flexibility index (Phi) is 8.97. The molecule has 0 N–H and O–H groups in total. The molecule has 2 aromatic carbocycles. The van der Waals surface area contributed by atoms with Crippen LogP contribution in [0, 0.1) is 24.0 Å². The molecule has 0 fully saturated rings. The van der Waals surface area contributed by atoms with E-state index in [2.05, 4.69) is 66.1 Å². The number of benzene rings is 2. The minimum absolute atomic E-state index is 0. The Balaban J connectivity index is 0.00000417. The van der Waals surface area contributed by atoms with Crippen molar-refractivity contribution in [1.82, 2.24) is 24.5 Å². The molecule has 5 aromatic heterocycles. The maximum absolute atomic E-state index is 15.1. The predicted molar refractivity (Wildman–Crippen MR) is 184 cm³/mol. The number of rotatable bonds is 5. The van der Waals surface area contributed by atoms with Crippen molar-refractivity contribution in [3.8, 4) is 39.7 Å². The molecule has 0 aliphatic heterocycles. The third-order valence-electron chi connectivity index (χ3n) is 8.43. The summed E-state index contributed by atoms with van der Waals surface area (Å²) >= 11 is 0. The van der Waals surface area contributed by atoms with Gasteiger partial charge in [-0.2, -0.15) is 6.07 Å². The Morgan fingerprint density at radius 3 is 2.12 bits per heavy atom. The van der Waals surface area contributed by atoms with Gasteiger partial charge in [0.2, 0.25) is 0 Å². The van der Waals surface area contributed by atoms with Crippen LogP contribution in [-0.2, 0) is 31.9 Å². The summed E-state index contributed by atoms with van der Waals surface area (Å²) in [6.45, 7) is 12.7. The van der Waals surface area contributed by atoms with Crippen LogP contribution in [0.25, 0.3) is 50.0 Å². The predicted octanol–water partition coefficient (Wildman–Crippen LogP) is 9.96. The van der Waals surface area contributed by atoms with E-state index < -0.39 is 11.9 Å². The minimum atomic E-state index is -1.12. The van der Waals surface area contributed by atoms with E-state index in [1.165, 1.54) is 5.56 Å². The first-order valence-electron chi connectivity index (χ1n) is 15.7. The molecule has 7 rings (SSSR count). The fourth-order valence-corrected chi connectivity index (χ4v) is 5.71. The molecule has 0 aliphatic carbocycles. The molecular weight excluding hydrogens is 800 g/mol. The fourth-order valence-electron chi connectivity index (χ4n) is 5.71. The van der Waals surface area contributed by atoms with Crippen molar-refractivity contribution in [3.63, 3.8) is 0 Å². The molecule has 0 amide bonds. The molecule has 7 aromatic rings. The van der Waals surface area contributed by atoms with Gasteiger partial charge < -0.3 is 14.3 Å². The van der Waals surface area contributed by atoms with Crippen LogP contribution in [0.5, 0.6) is 11.5 Å². The molecule has 9 heteroatoms. The van der Waals surface area contributed by atoms with E-state index in [0.717, 1.165) is 33.0 Å². The SMILES string of the molecule is CC(C)(C)c1ccnc(-c2[c-]c(Oc3[c-]c4c(cc3)c3cc(C(C)(C)C)ccc3n4-c3ccc(-c4ccncc4)cn3)c(F)nc2F)c1.[Pt+2]. The van der Waals surface area contributed by atoms with Crippen LogP contribution in [0.15, 0.2) is 91.5 Å². The zero-order chi connectivity index (χ0) is 33.8. The first kappa shape index (κ1) is 34.1. The molecule has 5 heterocycles. The largest absolute Gasteiger partial charge is 2.00 e. The maximum atomic E-state index is 15.1. The van der Waals surface area contributed by atoms with Gasteiger partial charge in [0.25, 0.3) is 0 Å². The van der Waals surface area contributed by atoms with Crippen molar-refractivity contribution in [2.24, 2.45) is 0 Å². The molecule has 0 atom stereocenters. The third-order valence-corrected chi connectivity index (χ3v) is 8.43. The molecule has 0 saturated carbocycles. The smallest absolute Gasteiger partial charge is 0.498 e. The monoisotopic (exact) mass is 832 g/mol. The van der Waals surface area contributed by atoms with Crippen LogP contribution in [0.4, 0.5) is 8.78 Å².